The van der Waals surface area contributed by atoms with Crippen molar-refractivity contribution in [1.82, 2.24) is 4.98 Å². The topological polar surface area (TPSA) is 50.8 Å². The van der Waals surface area contributed by atoms with Crippen molar-refractivity contribution in [2.24, 2.45) is 0 Å². The van der Waals surface area contributed by atoms with E-state index in [0.29, 0.717) is 6.04 Å². The zero-order valence-electron chi connectivity index (χ0n) is 14.6. The van der Waals surface area contributed by atoms with Gasteiger partial charge in [-0.05, 0) is 45.2 Å². The van der Waals surface area contributed by atoms with E-state index in [9.17, 15) is 0 Å². The summed E-state index contributed by atoms with van der Waals surface area (Å²) in [5.41, 5.74) is 2.08. The Morgan fingerprint density at radius 1 is 1.17 bits per heavy atom. The average molecular weight is 316 g/mol. The average Bonchev–Trinajstić information content (AvgIpc) is 2.56. The second-order valence-corrected chi connectivity index (χ2v) is 6.36. The number of aromatic nitrogens is 1. The van der Waals surface area contributed by atoms with Crippen molar-refractivity contribution in [3.8, 4) is 5.75 Å². The Bertz CT molecular complexity index is 598. The molecule has 2 rings (SSSR count). The first-order valence-electron chi connectivity index (χ1n) is 8.70. The first-order chi connectivity index (χ1) is 11.2. The summed E-state index contributed by atoms with van der Waals surface area (Å²) in [6.07, 6.45) is 6.91. The maximum absolute atomic E-state index is 5.38. The van der Waals surface area contributed by atoms with Crippen molar-refractivity contribution < 1.29 is 10.1 Å². The number of pyridine rings is 1. The molecule has 1 aromatic heterocycles. The molecule has 0 unspecified atom stereocenters. The molecule has 0 saturated carbocycles. The summed E-state index contributed by atoms with van der Waals surface area (Å²) in [5.74, 6) is 0.872. The summed E-state index contributed by atoms with van der Waals surface area (Å²) in [5, 5.41) is 7.04. The minimum absolute atomic E-state index is 0.713. The number of quaternary nitrogens is 1. The van der Waals surface area contributed by atoms with Gasteiger partial charge < -0.3 is 15.4 Å². The Hall–Kier alpha value is -1.81. The van der Waals surface area contributed by atoms with Crippen LogP contribution in [-0.2, 0) is 0 Å². The second kappa shape index (κ2) is 9.36. The standard InChI is InChI=1S/C19H29N3O/c1-15(2)20-10-6-4-5-7-11-21-18-14-17(23-3)13-16-9-8-12-22-19(16)18/h8-9,12-15,20-21H,4-7,10-11H2,1-3H3/p+1. The molecule has 0 amide bonds. The number of nitrogens with one attached hydrogen (secondary N) is 1. The van der Waals surface area contributed by atoms with Crippen LogP contribution in [0.3, 0.4) is 0 Å². The number of unbranched alkanes of at least 4 members (excludes halogenated alkanes) is 3. The van der Waals surface area contributed by atoms with E-state index >= 15 is 0 Å². The third-order valence-corrected chi connectivity index (χ3v) is 4.00. The van der Waals surface area contributed by atoms with Crippen LogP contribution in [0.4, 0.5) is 5.69 Å². The summed E-state index contributed by atoms with van der Waals surface area (Å²) in [7, 11) is 1.70. The summed E-state index contributed by atoms with van der Waals surface area (Å²) < 4.78 is 5.38. The van der Waals surface area contributed by atoms with Crippen LogP contribution in [0.25, 0.3) is 10.9 Å². The molecule has 3 N–H and O–H groups in total. The molecule has 4 heteroatoms. The molecule has 4 nitrogen and oxygen atoms in total. The van der Waals surface area contributed by atoms with E-state index in [2.05, 4.69) is 35.5 Å². The van der Waals surface area contributed by atoms with Crippen molar-refractivity contribution in [3.05, 3.63) is 30.5 Å². The zero-order valence-corrected chi connectivity index (χ0v) is 14.6. The van der Waals surface area contributed by atoms with Gasteiger partial charge in [-0.25, -0.2) is 0 Å². The molecule has 0 fully saturated rings. The molecule has 0 radical (unpaired) electrons. The first kappa shape index (κ1) is 17.5. The van der Waals surface area contributed by atoms with E-state index in [1.165, 1.54) is 32.2 Å². The number of nitrogens with zero attached hydrogens (tertiary/aromatic N) is 1. The number of ether oxygens (including phenoxy) is 1. The van der Waals surface area contributed by atoms with E-state index < -0.39 is 0 Å². The van der Waals surface area contributed by atoms with Gasteiger partial charge in [0.05, 0.1) is 30.9 Å². The molecular formula is C19H30N3O+. The van der Waals surface area contributed by atoms with E-state index in [1.54, 1.807) is 7.11 Å². The van der Waals surface area contributed by atoms with Crippen molar-refractivity contribution in [2.45, 2.75) is 45.6 Å². The minimum atomic E-state index is 0.713. The third kappa shape index (κ3) is 5.71. The summed E-state index contributed by atoms with van der Waals surface area (Å²) in [6, 6.07) is 8.80. The Kier molecular flexibility index (Phi) is 7.14. The smallest absolute Gasteiger partial charge is 0.121 e. The van der Waals surface area contributed by atoms with Crippen molar-refractivity contribution in [2.75, 3.05) is 25.5 Å². The summed E-state index contributed by atoms with van der Waals surface area (Å²) >= 11 is 0. The van der Waals surface area contributed by atoms with Crippen LogP contribution in [0.1, 0.15) is 39.5 Å². The molecule has 0 aliphatic rings. The number of hydrogen-bond acceptors (Lipinski definition) is 3. The van der Waals surface area contributed by atoms with Crippen LogP contribution < -0.4 is 15.4 Å². The fourth-order valence-corrected chi connectivity index (χ4v) is 2.71. The lowest BCUT2D eigenvalue weighted by molar-refractivity contribution is -0.683. The van der Waals surface area contributed by atoms with Gasteiger partial charge in [0.1, 0.15) is 5.75 Å². The number of fused-ring (bicyclic) bond motifs is 1. The molecule has 1 heterocycles. The van der Waals surface area contributed by atoms with E-state index in [0.717, 1.165) is 28.9 Å². The highest BCUT2D eigenvalue weighted by atomic mass is 16.5. The predicted octanol–water partition coefficient (Wildman–Crippen LogP) is 3.19. The molecule has 0 saturated heterocycles. The third-order valence-electron chi connectivity index (χ3n) is 4.00. The lowest BCUT2D eigenvalue weighted by Gasteiger charge is -2.11. The van der Waals surface area contributed by atoms with Crippen LogP contribution in [-0.4, -0.2) is 31.2 Å². The maximum atomic E-state index is 5.38. The molecule has 0 bridgehead atoms. The molecule has 0 atom stereocenters. The van der Waals surface area contributed by atoms with Crippen LogP contribution in [0, 0.1) is 0 Å². The van der Waals surface area contributed by atoms with Gasteiger partial charge in [0, 0.05) is 24.2 Å². The van der Waals surface area contributed by atoms with Gasteiger partial charge >= 0.3 is 0 Å². The lowest BCUT2D eigenvalue weighted by atomic mass is 10.1. The molecule has 0 aliphatic carbocycles. The van der Waals surface area contributed by atoms with E-state index in [4.69, 9.17) is 4.74 Å². The summed E-state index contributed by atoms with van der Waals surface area (Å²) in [4.78, 5) is 4.49. The minimum Gasteiger partial charge on any atom is -0.497 e. The number of methoxy groups -OCH3 is 1. The molecular weight excluding hydrogens is 286 g/mol. The van der Waals surface area contributed by atoms with Gasteiger partial charge in [-0.1, -0.05) is 12.5 Å². The van der Waals surface area contributed by atoms with Gasteiger partial charge in [-0.3, -0.25) is 4.98 Å². The van der Waals surface area contributed by atoms with Crippen LogP contribution >= 0.6 is 0 Å². The Labute approximate surface area is 139 Å². The zero-order chi connectivity index (χ0) is 16.5. The fraction of sp³-hybridized carbons (Fsp3) is 0.526. The van der Waals surface area contributed by atoms with Gasteiger partial charge in [0.25, 0.3) is 0 Å². The molecule has 23 heavy (non-hydrogen) atoms. The van der Waals surface area contributed by atoms with Crippen LogP contribution in [0.5, 0.6) is 5.75 Å². The largest absolute Gasteiger partial charge is 0.497 e. The highest BCUT2D eigenvalue weighted by molar-refractivity contribution is 5.91. The van der Waals surface area contributed by atoms with Gasteiger partial charge in [-0.2, -0.15) is 0 Å². The predicted molar refractivity (Wildman–Crippen MR) is 97.2 cm³/mol. The van der Waals surface area contributed by atoms with Gasteiger partial charge in [-0.15, -0.1) is 0 Å². The van der Waals surface area contributed by atoms with Gasteiger partial charge in [0.15, 0.2) is 0 Å². The lowest BCUT2D eigenvalue weighted by Crippen LogP contribution is -2.88. The van der Waals surface area contributed by atoms with E-state index in [1.807, 2.05) is 24.4 Å². The van der Waals surface area contributed by atoms with Crippen molar-refractivity contribution in [1.29, 1.82) is 0 Å². The number of hydrogen-bond donors (Lipinski definition) is 2. The molecule has 0 spiro atoms. The monoisotopic (exact) mass is 316 g/mol. The highest BCUT2D eigenvalue weighted by Crippen LogP contribution is 2.27. The number of nitrogens with two attached hydrogens (primary N) is 1. The number of benzene rings is 1. The summed E-state index contributed by atoms with van der Waals surface area (Å²) in [6.45, 7) is 6.72. The Morgan fingerprint density at radius 2 is 2.00 bits per heavy atom. The molecule has 2 aromatic rings. The van der Waals surface area contributed by atoms with E-state index in [-0.39, 0.29) is 0 Å². The van der Waals surface area contributed by atoms with Gasteiger partial charge in [0.2, 0.25) is 0 Å². The Morgan fingerprint density at radius 3 is 2.78 bits per heavy atom. The normalized spacial score (nSPS) is 11.1. The SMILES string of the molecule is COc1cc(NCCCCCC[NH2+]C(C)C)c2ncccc2c1. The maximum Gasteiger partial charge on any atom is 0.121 e. The quantitative estimate of drug-likeness (QED) is 0.662. The number of anilines is 1. The molecule has 0 aliphatic heterocycles. The molecule has 126 valence electrons. The van der Waals surface area contributed by atoms with Crippen LogP contribution in [0.2, 0.25) is 0 Å². The Balaban J connectivity index is 1.78. The van der Waals surface area contributed by atoms with Crippen LogP contribution in [0.15, 0.2) is 30.5 Å². The second-order valence-electron chi connectivity index (χ2n) is 6.36. The highest BCUT2D eigenvalue weighted by Gasteiger charge is 2.05. The number of rotatable bonds is 10. The van der Waals surface area contributed by atoms with Crippen molar-refractivity contribution in [3.63, 3.8) is 0 Å². The van der Waals surface area contributed by atoms with Crippen molar-refractivity contribution >= 4 is 16.6 Å². The fourth-order valence-electron chi connectivity index (χ4n) is 2.71. The molecule has 1 aromatic carbocycles. The first-order valence-corrected chi connectivity index (χ1v) is 8.70.